The highest BCUT2D eigenvalue weighted by atomic mass is 16.4. The van der Waals surface area contributed by atoms with Gasteiger partial charge < -0.3 is 9.32 Å². The van der Waals surface area contributed by atoms with Crippen LogP contribution in [0.2, 0.25) is 0 Å². The Morgan fingerprint density at radius 3 is 2.62 bits per heavy atom. The number of carbonyl (C=O) groups is 2. The summed E-state index contributed by atoms with van der Waals surface area (Å²) in [5.74, 6) is 0.250. The van der Waals surface area contributed by atoms with Crippen molar-refractivity contribution in [2.45, 2.75) is 12.8 Å². The maximum atomic E-state index is 12.3. The highest BCUT2D eigenvalue weighted by Gasteiger charge is 2.27. The summed E-state index contributed by atoms with van der Waals surface area (Å²) < 4.78 is 5.59. The van der Waals surface area contributed by atoms with Crippen molar-refractivity contribution in [3.63, 3.8) is 0 Å². The van der Waals surface area contributed by atoms with Gasteiger partial charge in [0.25, 0.3) is 0 Å². The lowest BCUT2D eigenvalue weighted by molar-refractivity contribution is -0.130. The van der Waals surface area contributed by atoms with E-state index in [1.807, 2.05) is 30.3 Å². The number of likely N-dealkylation sites (tertiary alicyclic amines) is 1. The molecule has 1 aliphatic heterocycles. The molecule has 3 rings (SSSR count). The van der Waals surface area contributed by atoms with Crippen molar-refractivity contribution in [1.82, 2.24) is 9.88 Å². The van der Waals surface area contributed by atoms with Crippen molar-refractivity contribution >= 4 is 17.8 Å². The van der Waals surface area contributed by atoms with Crippen LogP contribution < -0.4 is 5.32 Å². The molecule has 0 unspecified atom stereocenters. The SMILES string of the molecule is C=CC(=O)N1CCC(C(=O)Nc2ncc(-c3ccccc3)o2)CC1. The lowest BCUT2D eigenvalue weighted by Crippen LogP contribution is -2.40. The molecule has 1 aromatic heterocycles. The Morgan fingerprint density at radius 1 is 1.25 bits per heavy atom. The number of hydrogen-bond donors (Lipinski definition) is 1. The quantitative estimate of drug-likeness (QED) is 0.877. The van der Waals surface area contributed by atoms with Crippen LogP contribution in [-0.2, 0) is 9.59 Å². The zero-order chi connectivity index (χ0) is 16.9. The number of amides is 2. The Hall–Kier alpha value is -2.89. The Kier molecular flexibility index (Phi) is 4.74. The standard InChI is InChI=1S/C18H19N3O3/c1-2-16(22)21-10-8-14(9-11-21)17(23)20-18-19-12-15(24-18)13-6-4-3-5-7-13/h2-7,12,14H,1,8-11H2,(H,19,20,23). The molecule has 0 radical (unpaired) electrons. The van der Waals surface area contributed by atoms with Gasteiger partial charge in [-0.25, -0.2) is 4.98 Å². The minimum absolute atomic E-state index is 0.0888. The van der Waals surface area contributed by atoms with Gasteiger partial charge in [-0.05, 0) is 18.9 Å². The second kappa shape index (κ2) is 7.12. The van der Waals surface area contributed by atoms with E-state index in [4.69, 9.17) is 4.42 Å². The number of hydrogen-bond acceptors (Lipinski definition) is 4. The Balaban J connectivity index is 1.57. The van der Waals surface area contributed by atoms with Crippen LogP contribution in [0.25, 0.3) is 11.3 Å². The van der Waals surface area contributed by atoms with Gasteiger partial charge in [0.1, 0.15) is 0 Å². The normalized spacial score (nSPS) is 15.1. The molecule has 0 bridgehead atoms. The second-order valence-electron chi connectivity index (χ2n) is 5.69. The Labute approximate surface area is 140 Å². The van der Waals surface area contributed by atoms with E-state index in [1.165, 1.54) is 6.08 Å². The fraction of sp³-hybridized carbons (Fsp3) is 0.278. The molecular formula is C18H19N3O3. The van der Waals surface area contributed by atoms with Gasteiger partial charge in [0, 0.05) is 24.6 Å². The fourth-order valence-electron chi connectivity index (χ4n) is 2.77. The first-order valence-electron chi connectivity index (χ1n) is 7.91. The summed E-state index contributed by atoms with van der Waals surface area (Å²) in [6.45, 7) is 4.60. The lowest BCUT2D eigenvalue weighted by Gasteiger charge is -2.30. The summed E-state index contributed by atoms with van der Waals surface area (Å²) in [5.41, 5.74) is 0.904. The average Bonchev–Trinajstić information content (AvgIpc) is 3.10. The molecule has 2 aromatic rings. The minimum Gasteiger partial charge on any atom is -0.423 e. The van der Waals surface area contributed by atoms with Crippen LogP contribution in [0.4, 0.5) is 6.01 Å². The summed E-state index contributed by atoms with van der Waals surface area (Å²) in [6, 6.07) is 9.77. The van der Waals surface area contributed by atoms with Crippen molar-refractivity contribution < 1.29 is 14.0 Å². The third kappa shape index (κ3) is 3.53. The van der Waals surface area contributed by atoms with Gasteiger partial charge in [0.15, 0.2) is 5.76 Å². The molecule has 2 amide bonds. The van der Waals surface area contributed by atoms with Crippen LogP contribution in [0, 0.1) is 5.92 Å². The van der Waals surface area contributed by atoms with Crippen LogP contribution >= 0.6 is 0 Å². The predicted octanol–water partition coefficient (Wildman–Crippen LogP) is 2.70. The first-order valence-corrected chi connectivity index (χ1v) is 7.91. The zero-order valence-corrected chi connectivity index (χ0v) is 13.3. The third-order valence-electron chi connectivity index (χ3n) is 4.15. The van der Waals surface area contributed by atoms with Gasteiger partial charge in [-0.2, -0.15) is 0 Å². The molecule has 1 aliphatic rings. The second-order valence-corrected chi connectivity index (χ2v) is 5.69. The fourth-order valence-corrected chi connectivity index (χ4v) is 2.77. The molecule has 24 heavy (non-hydrogen) atoms. The molecule has 6 heteroatoms. The highest BCUT2D eigenvalue weighted by molar-refractivity contribution is 5.91. The monoisotopic (exact) mass is 325 g/mol. The molecule has 124 valence electrons. The molecule has 1 N–H and O–H groups in total. The smallest absolute Gasteiger partial charge is 0.301 e. The Bertz CT molecular complexity index is 731. The zero-order valence-electron chi connectivity index (χ0n) is 13.3. The molecule has 0 atom stereocenters. The summed E-state index contributed by atoms with van der Waals surface area (Å²) in [4.78, 5) is 29.7. The van der Waals surface area contributed by atoms with E-state index in [9.17, 15) is 9.59 Å². The number of nitrogens with zero attached hydrogens (tertiary/aromatic N) is 2. The Morgan fingerprint density at radius 2 is 1.96 bits per heavy atom. The molecule has 6 nitrogen and oxygen atoms in total. The van der Waals surface area contributed by atoms with Crippen LogP contribution in [0.15, 0.2) is 53.6 Å². The topological polar surface area (TPSA) is 75.4 Å². The molecule has 1 aromatic carbocycles. The van der Waals surface area contributed by atoms with Gasteiger partial charge in [-0.3, -0.25) is 14.9 Å². The van der Waals surface area contributed by atoms with Gasteiger partial charge in [-0.15, -0.1) is 0 Å². The molecule has 0 aliphatic carbocycles. The van der Waals surface area contributed by atoms with Crippen LogP contribution in [0.3, 0.4) is 0 Å². The number of oxazole rings is 1. The lowest BCUT2D eigenvalue weighted by atomic mass is 9.96. The van der Waals surface area contributed by atoms with Crippen LogP contribution in [-0.4, -0.2) is 34.8 Å². The van der Waals surface area contributed by atoms with Crippen molar-refractivity contribution in [2.24, 2.45) is 5.92 Å². The van der Waals surface area contributed by atoms with E-state index < -0.39 is 0 Å². The molecule has 1 fully saturated rings. The van der Waals surface area contributed by atoms with Gasteiger partial charge in [-0.1, -0.05) is 36.9 Å². The number of aromatic nitrogens is 1. The van der Waals surface area contributed by atoms with Crippen molar-refractivity contribution in [1.29, 1.82) is 0 Å². The molecule has 0 saturated carbocycles. The van der Waals surface area contributed by atoms with E-state index in [-0.39, 0.29) is 23.7 Å². The van der Waals surface area contributed by atoms with Gasteiger partial charge in [0.05, 0.1) is 6.20 Å². The minimum atomic E-state index is -0.147. The third-order valence-corrected chi connectivity index (χ3v) is 4.15. The summed E-state index contributed by atoms with van der Waals surface area (Å²) >= 11 is 0. The van der Waals surface area contributed by atoms with E-state index >= 15 is 0 Å². The average molecular weight is 325 g/mol. The molecule has 2 heterocycles. The van der Waals surface area contributed by atoms with E-state index in [1.54, 1.807) is 11.1 Å². The number of benzene rings is 1. The van der Waals surface area contributed by atoms with Crippen LogP contribution in [0.1, 0.15) is 12.8 Å². The number of anilines is 1. The summed E-state index contributed by atoms with van der Waals surface area (Å²) in [6.07, 6.45) is 4.14. The highest BCUT2D eigenvalue weighted by Crippen LogP contribution is 2.24. The first-order chi connectivity index (χ1) is 11.7. The van der Waals surface area contributed by atoms with Crippen molar-refractivity contribution in [2.75, 3.05) is 18.4 Å². The predicted molar refractivity (Wildman–Crippen MR) is 90.1 cm³/mol. The number of piperidine rings is 1. The van der Waals surface area contributed by atoms with Crippen molar-refractivity contribution in [3.05, 3.63) is 49.2 Å². The van der Waals surface area contributed by atoms with E-state index in [2.05, 4.69) is 16.9 Å². The maximum Gasteiger partial charge on any atom is 0.301 e. The van der Waals surface area contributed by atoms with Gasteiger partial charge >= 0.3 is 6.01 Å². The first kappa shape index (κ1) is 16.0. The summed E-state index contributed by atoms with van der Waals surface area (Å²) in [5, 5.41) is 2.72. The number of nitrogens with one attached hydrogen (secondary N) is 1. The van der Waals surface area contributed by atoms with Crippen molar-refractivity contribution in [3.8, 4) is 11.3 Å². The molecule has 1 saturated heterocycles. The molecular weight excluding hydrogens is 306 g/mol. The van der Waals surface area contributed by atoms with Gasteiger partial charge in [0.2, 0.25) is 11.8 Å². The number of carbonyl (C=O) groups excluding carboxylic acids is 2. The van der Waals surface area contributed by atoms with E-state index in [0.717, 1.165) is 5.56 Å². The number of rotatable bonds is 4. The summed E-state index contributed by atoms with van der Waals surface area (Å²) in [7, 11) is 0. The largest absolute Gasteiger partial charge is 0.423 e. The van der Waals surface area contributed by atoms with Crippen LogP contribution in [0.5, 0.6) is 0 Å². The van der Waals surface area contributed by atoms with E-state index in [0.29, 0.717) is 31.7 Å². The molecule has 0 spiro atoms. The maximum absolute atomic E-state index is 12.3.